The van der Waals surface area contributed by atoms with Crippen molar-refractivity contribution in [3.63, 3.8) is 0 Å². The molecule has 2 nitrogen and oxygen atoms in total. The van der Waals surface area contributed by atoms with E-state index in [1.807, 2.05) is 13.8 Å². The molecule has 6 aromatic rings. The molecule has 2 unspecified atom stereocenters. The second-order valence-corrected chi connectivity index (χ2v) is 15.3. The predicted octanol–water partition coefficient (Wildman–Crippen LogP) is 14.1. The number of fused-ring (bicyclic) bond motifs is 2. The van der Waals surface area contributed by atoms with Crippen molar-refractivity contribution >= 4 is 22.4 Å². The normalized spacial score (nSPS) is 17.9. The SMILES string of the molecule is CC.Cc1ccccc1N1C=C(c2cc(-c3ccccc3)cc(-c3ccccc3)c2)C2C=CC3=C(NCC=C3c3cc(C4=CCCC=C4)cc(-c4ccccc4)c3)C21. The quantitative estimate of drug-likeness (QED) is 0.175. The Morgan fingerprint density at radius 2 is 1.09 bits per heavy atom. The van der Waals surface area contributed by atoms with Gasteiger partial charge in [0.15, 0.2) is 0 Å². The van der Waals surface area contributed by atoms with Gasteiger partial charge in [-0.05, 0) is 135 Å². The summed E-state index contributed by atoms with van der Waals surface area (Å²) in [7, 11) is 0. The minimum atomic E-state index is 0.0797. The molecule has 0 aromatic heterocycles. The zero-order valence-corrected chi connectivity index (χ0v) is 33.7. The van der Waals surface area contributed by atoms with Crippen LogP contribution in [0.2, 0.25) is 0 Å². The lowest BCUT2D eigenvalue weighted by atomic mass is 9.78. The molecule has 1 N–H and O–H groups in total. The molecule has 58 heavy (non-hydrogen) atoms. The summed E-state index contributed by atoms with van der Waals surface area (Å²) in [6, 6.07) is 55.6. The third-order valence-corrected chi connectivity index (χ3v) is 11.8. The summed E-state index contributed by atoms with van der Waals surface area (Å²) in [4.78, 5) is 2.55. The van der Waals surface area contributed by atoms with Crippen LogP contribution in [0.5, 0.6) is 0 Å². The van der Waals surface area contributed by atoms with Gasteiger partial charge in [-0.3, -0.25) is 0 Å². The van der Waals surface area contributed by atoms with Crippen molar-refractivity contribution in [1.82, 2.24) is 5.32 Å². The van der Waals surface area contributed by atoms with Crippen LogP contribution in [0.25, 0.3) is 50.1 Å². The highest BCUT2D eigenvalue weighted by molar-refractivity contribution is 5.92. The summed E-state index contributed by atoms with van der Waals surface area (Å²) < 4.78 is 0. The molecule has 2 aliphatic carbocycles. The first kappa shape index (κ1) is 37.0. The summed E-state index contributed by atoms with van der Waals surface area (Å²) in [6.45, 7) is 7.01. The van der Waals surface area contributed by atoms with Gasteiger partial charge < -0.3 is 10.2 Å². The summed E-state index contributed by atoms with van der Waals surface area (Å²) >= 11 is 0. The smallest absolute Gasteiger partial charge is 0.0841 e. The first-order valence-electron chi connectivity index (χ1n) is 20.9. The molecule has 0 amide bonds. The Balaban J connectivity index is 0.00000215. The zero-order chi connectivity index (χ0) is 39.4. The summed E-state index contributed by atoms with van der Waals surface area (Å²) in [5.74, 6) is 0.151. The summed E-state index contributed by atoms with van der Waals surface area (Å²) in [5.41, 5.74) is 20.2. The van der Waals surface area contributed by atoms with Gasteiger partial charge in [0.2, 0.25) is 0 Å². The Labute approximate surface area is 344 Å². The van der Waals surface area contributed by atoms with Gasteiger partial charge in [0.1, 0.15) is 0 Å². The molecule has 0 radical (unpaired) electrons. The van der Waals surface area contributed by atoms with Gasteiger partial charge in [-0.2, -0.15) is 0 Å². The maximum atomic E-state index is 3.94. The van der Waals surface area contributed by atoms with Gasteiger partial charge in [0.05, 0.1) is 6.04 Å². The number of rotatable bonds is 7. The van der Waals surface area contributed by atoms with Crippen molar-refractivity contribution in [2.75, 3.05) is 11.4 Å². The van der Waals surface area contributed by atoms with Crippen molar-refractivity contribution in [3.05, 3.63) is 228 Å². The van der Waals surface area contributed by atoms with E-state index >= 15 is 0 Å². The standard InChI is InChI=1S/C54H44N2.C2H6/c1-37-16-14-15-25-52(37)56-36-51(47-34-44(40-21-10-4-11-22-40)31-45(35-47)41-23-12-5-13-24-41)50-27-26-49-48(28-29-55-53(49)54(50)56)46-32-42(38-17-6-2-7-18-38)30-43(33-46)39-19-8-3-9-20-39;1-2/h2,4-8,10-28,30-36,50,54-55H,3,9,29H2,1H3;1-2H3. The molecule has 0 saturated heterocycles. The highest BCUT2D eigenvalue weighted by atomic mass is 15.2. The number of hydrogen-bond donors (Lipinski definition) is 1. The molecule has 2 aliphatic heterocycles. The van der Waals surface area contributed by atoms with Crippen LogP contribution in [0.3, 0.4) is 0 Å². The number of benzene rings is 6. The fourth-order valence-corrected chi connectivity index (χ4v) is 9.02. The topological polar surface area (TPSA) is 15.3 Å². The monoisotopic (exact) mass is 750 g/mol. The number of dihydropyridines is 1. The fourth-order valence-electron chi connectivity index (χ4n) is 9.02. The molecule has 0 bridgehead atoms. The summed E-state index contributed by atoms with van der Waals surface area (Å²) in [5, 5.41) is 3.94. The van der Waals surface area contributed by atoms with Crippen LogP contribution in [-0.2, 0) is 0 Å². The van der Waals surface area contributed by atoms with E-state index in [0.717, 1.165) is 19.4 Å². The van der Waals surface area contributed by atoms with E-state index < -0.39 is 0 Å². The Morgan fingerprint density at radius 3 is 1.69 bits per heavy atom. The molecule has 2 heteroatoms. The van der Waals surface area contributed by atoms with Crippen LogP contribution < -0.4 is 10.2 Å². The van der Waals surface area contributed by atoms with Crippen molar-refractivity contribution in [2.45, 2.75) is 39.7 Å². The van der Waals surface area contributed by atoms with Crippen LogP contribution >= 0.6 is 0 Å². The maximum Gasteiger partial charge on any atom is 0.0841 e. The lowest BCUT2D eigenvalue weighted by molar-refractivity contribution is 0.616. The van der Waals surface area contributed by atoms with Gasteiger partial charge in [-0.25, -0.2) is 0 Å². The van der Waals surface area contributed by atoms with E-state index in [-0.39, 0.29) is 12.0 Å². The Kier molecular flexibility index (Phi) is 10.5. The van der Waals surface area contributed by atoms with E-state index in [1.165, 1.54) is 89.3 Å². The van der Waals surface area contributed by atoms with Crippen molar-refractivity contribution in [2.24, 2.45) is 5.92 Å². The zero-order valence-electron chi connectivity index (χ0n) is 33.7. The number of nitrogens with one attached hydrogen (secondary N) is 1. The predicted molar refractivity (Wildman–Crippen MR) is 248 cm³/mol. The van der Waals surface area contributed by atoms with Crippen LogP contribution in [0.4, 0.5) is 5.69 Å². The molecule has 0 spiro atoms. The Bertz CT molecular complexity index is 2580. The van der Waals surface area contributed by atoms with E-state index in [1.54, 1.807) is 0 Å². The van der Waals surface area contributed by atoms with E-state index in [4.69, 9.17) is 0 Å². The van der Waals surface area contributed by atoms with E-state index in [0.29, 0.717) is 0 Å². The molecule has 0 saturated carbocycles. The molecule has 0 fully saturated rings. The first-order chi connectivity index (χ1) is 28.7. The van der Waals surface area contributed by atoms with E-state index in [9.17, 15) is 0 Å². The van der Waals surface area contributed by atoms with Gasteiger partial charge in [0.25, 0.3) is 0 Å². The first-order valence-corrected chi connectivity index (χ1v) is 20.9. The molecular formula is C56H50N2. The Hall–Kier alpha value is -6.64. The number of anilines is 1. The van der Waals surface area contributed by atoms with Crippen molar-refractivity contribution < 1.29 is 0 Å². The van der Waals surface area contributed by atoms with Crippen molar-refractivity contribution in [3.8, 4) is 33.4 Å². The second kappa shape index (κ2) is 16.5. The average Bonchev–Trinajstić information content (AvgIpc) is 3.70. The van der Waals surface area contributed by atoms with E-state index in [2.05, 4.69) is 211 Å². The Morgan fingerprint density at radius 1 is 0.534 bits per heavy atom. The molecule has 2 atom stereocenters. The highest BCUT2D eigenvalue weighted by Gasteiger charge is 2.42. The third-order valence-electron chi connectivity index (χ3n) is 11.8. The molecule has 10 rings (SSSR count). The minimum absolute atomic E-state index is 0.0797. The molecule has 284 valence electrons. The largest absolute Gasteiger partial charge is 0.383 e. The van der Waals surface area contributed by atoms with Gasteiger partial charge in [-0.15, -0.1) is 0 Å². The van der Waals surface area contributed by atoms with Crippen LogP contribution in [-0.4, -0.2) is 12.6 Å². The number of nitrogens with zero attached hydrogens (tertiary/aromatic N) is 1. The molecule has 4 aliphatic rings. The summed E-state index contributed by atoms with van der Waals surface area (Å²) in [6.07, 6.45) is 18.9. The van der Waals surface area contributed by atoms with Crippen molar-refractivity contribution in [1.29, 1.82) is 0 Å². The lowest BCUT2D eigenvalue weighted by Gasteiger charge is -2.38. The van der Waals surface area contributed by atoms with Gasteiger partial charge >= 0.3 is 0 Å². The second-order valence-electron chi connectivity index (χ2n) is 15.3. The lowest BCUT2D eigenvalue weighted by Crippen LogP contribution is -2.42. The van der Waals surface area contributed by atoms with Gasteiger partial charge in [0, 0.05) is 35.6 Å². The maximum absolute atomic E-state index is 3.94. The minimum Gasteiger partial charge on any atom is -0.383 e. The fraction of sp³-hybridized carbons (Fsp3) is 0.143. The van der Waals surface area contributed by atoms with Crippen LogP contribution in [0.1, 0.15) is 48.9 Å². The van der Waals surface area contributed by atoms with Crippen LogP contribution in [0, 0.1) is 12.8 Å². The third kappa shape index (κ3) is 7.12. The van der Waals surface area contributed by atoms with Gasteiger partial charge in [-0.1, -0.05) is 159 Å². The number of allylic oxidation sites excluding steroid dienone is 7. The molecular weight excluding hydrogens is 701 g/mol. The molecule has 2 heterocycles. The van der Waals surface area contributed by atoms with Crippen LogP contribution in [0.15, 0.2) is 206 Å². The number of aryl methyl sites for hydroxylation is 1. The highest BCUT2D eigenvalue weighted by Crippen LogP contribution is 2.49. The number of hydrogen-bond acceptors (Lipinski definition) is 2. The number of para-hydroxylation sites is 1. The molecule has 6 aromatic carbocycles. The average molecular weight is 751 g/mol.